The fourth-order valence-electron chi connectivity index (χ4n) is 5.77. The van der Waals surface area contributed by atoms with Gasteiger partial charge in [0.2, 0.25) is 0 Å². The molecule has 5 rings (SSSR count). The van der Waals surface area contributed by atoms with Gasteiger partial charge in [0.25, 0.3) is 5.91 Å². The first kappa shape index (κ1) is 21.5. The smallest absolute Gasteiger partial charge is 0.410 e. The van der Waals surface area contributed by atoms with Crippen molar-refractivity contribution in [2.24, 2.45) is 11.3 Å². The number of methoxy groups -OCH3 is 1. The van der Waals surface area contributed by atoms with Crippen molar-refractivity contribution in [3.05, 3.63) is 66.2 Å². The number of nitrogens with zero attached hydrogens (tertiary/aromatic N) is 2. The number of fused-ring (bicyclic) bond motifs is 1. The second-order valence-corrected chi connectivity index (χ2v) is 9.25. The van der Waals surface area contributed by atoms with E-state index in [4.69, 9.17) is 9.47 Å². The zero-order valence-electron chi connectivity index (χ0n) is 18.7. The van der Waals surface area contributed by atoms with Crippen LogP contribution >= 0.6 is 0 Å². The Morgan fingerprint density at radius 1 is 1.00 bits per heavy atom. The number of carbonyl (C=O) groups excluding carboxylic acids is 3. The molecule has 2 aromatic carbocycles. The summed E-state index contributed by atoms with van der Waals surface area (Å²) in [6, 6.07) is 17.6. The van der Waals surface area contributed by atoms with E-state index in [1.54, 1.807) is 17.0 Å². The van der Waals surface area contributed by atoms with Gasteiger partial charge in [-0.2, -0.15) is 0 Å². The van der Waals surface area contributed by atoms with E-state index in [9.17, 15) is 14.4 Å². The normalized spacial score (nSPS) is 25.4. The Kier molecular flexibility index (Phi) is 5.56. The maximum Gasteiger partial charge on any atom is 0.410 e. The van der Waals surface area contributed by atoms with E-state index in [1.165, 1.54) is 12.0 Å². The van der Waals surface area contributed by atoms with E-state index in [2.05, 4.69) is 0 Å². The Hall–Kier alpha value is -3.35. The zero-order chi connectivity index (χ0) is 23.0. The summed E-state index contributed by atoms with van der Waals surface area (Å²) in [6.07, 6.45) is 2.41. The highest BCUT2D eigenvalue weighted by Crippen LogP contribution is 2.54. The Labute approximate surface area is 193 Å². The third kappa shape index (κ3) is 3.65. The summed E-state index contributed by atoms with van der Waals surface area (Å²) in [4.78, 5) is 42.4. The van der Waals surface area contributed by atoms with Crippen LogP contribution in [0.1, 0.15) is 29.6 Å². The summed E-state index contributed by atoms with van der Waals surface area (Å²) in [5.41, 5.74) is 0.339. The van der Waals surface area contributed by atoms with Gasteiger partial charge in [-0.25, -0.2) is 4.79 Å². The summed E-state index contributed by atoms with van der Waals surface area (Å²) >= 11 is 0. The molecule has 7 heteroatoms. The minimum Gasteiger partial charge on any atom is -0.493 e. The standard InChI is InChI=1S/C26H28N2O5/c1-32-25(31)28-15-20(26(13-8-14-26)17-33-19-11-6-3-7-12-19)22-23(28)21(29)16-27(22)24(30)18-9-4-2-5-10-18/h2-7,9-12,20,22-23H,8,13-17H2,1H3/t20?,22-,23-/m1/s1. The van der Waals surface area contributed by atoms with Crippen LogP contribution in [0.15, 0.2) is 60.7 Å². The van der Waals surface area contributed by atoms with Gasteiger partial charge in [0, 0.05) is 23.4 Å². The number of carbonyl (C=O) groups is 3. The topological polar surface area (TPSA) is 76.2 Å². The molecule has 1 aliphatic carbocycles. The van der Waals surface area contributed by atoms with Gasteiger partial charge in [0.15, 0.2) is 5.78 Å². The van der Waals surface area contributed by atoms with Crippen molar-refractivity contribution in [3.8, 4) is 5.75 Å². The van der Waals surface area contributed by atoms with Gasteiger partial charge in [-0.3, -0.25) is 14.5 Å². The molecule has 2 aliphatic heterocycles. The first-order valence-corrected chi connectivity index (χ1v) is 11.5. The summed E-state index contributed by atoms with van der Waals surface area (Å²) in [7, 11) is 1.33. The molecule has 3 atom stereocenters. The number of likely N-dealkylation sites (tertiary alicyclic amines) is 2. The van der Waals surface area contributed by atoms with Crippen molar-refractivity contribution < 1.29 is 23.9 Å². The lowest BCUT2D eigenvalue weighted by molar-refractivity contribution is -0.120. The molecule has 1 saturated carbocycles. The average Bonchev–Trinajstić information content (AvgIpc) is 3.38. The molecule has 2 heterocycles. The first-order valence-electron chi connectivity index (χ1n) is 11.5. The molecule has 0 aromatic heterocycles. The maximum absolute atomic E-state index is 13.4. The van der Waals surface area contributed by atoms with Gasteiger partial charge in [-0.05, 0) is 37.1 Å². The van der Waals surface area contributed by atoms with Crippen LogP contribution in [-0.2, 0) is 9.53 Å². The monoisotopic (exact) mass is 448 g/mol. The van der Waals surface area contributed by atoms with E-state index >= 15 is 0 Å². The lowest BCUT2D eigenvalue weighted by atomic mass is 9.59. The summed E-state index contributed by atoms with van der Waals surface area (Å²) in [5, 5.41) is 0. The SMILES string of the molecule is COC(=O)N1CC(C2(COc3ccccc3)CCC2)[C@@H]2[C@H]1C(=O)CN2C(=O)c1ccccc1. The summed E-state index contributed by atoms with van der Waals surface area (Å²) in [5.74, 6) is 0.434. The number of hydrogen-bond acceptors (Lipinski definition) is 5. The summed E-state index contributed by atoms with van der Waals surface area (Å²) < 4.78 is 11.2. The minimum absolute atomic E-state index is 0.00266. The molecule has 1 unspecified atom stereocenters. The van der Waals surface area contributed by atoms with E-state index in [0.717, 1.165) is 25.0 Å². The minimum atomic E-state index is -0.677. The number of benzene rings is 2. The molecule has 33 heavy (non-hydrogen) atoms. The number of ether oxygens (including phenoxy) is 2. The molecule has 2 amide bonds. The van der Waals surface area contributed by atoms with Gasteiger partial charge in [-0.1, -0.05) is 42.8 Å². The highest BCUT2D eigenvalue weighted by Gasteiger charge is 2.63. The molecular weight excluding hydrogens is 420 g/mol. The highest BCUT2D eigenvalue weighted by atomic mass is 16.5. The molecule has 3 fully saturated rings. The average molecular weight is 449 g/mol. The molecule has 0 spiro atoms. The van der Waals surface area contributed by atoms with Crippen LogP contribution in [0.25, 0.3) is 0 Å². The third-order valence-corrected chi connectivity index (χ3v) is 7.58. The molecular formula is C26H28N2O5. The quantitative estimate of drug-likeness (QED) is 0.701. The van der Waals surface area contributed by atoms with E-state index in [0.29, 0.717) is 18.7 Å². The van der Waals surface area contributed by atoms with Gasteiger partial charge >= 0.3 is 6.09 Å². The van der Waals surface area contributed by atoms with Crippen LogP contribution < -0.4 is 4.74 Å². The molecule has 0 bridgehead atoms. The van der Waals surface area contributed by atoms with E-state index in [1.807, 2.05) is 48.5 Å². The van der Waals surface area contributed by atoms with Gasteiger partial charge in [0.05, 0.1) is 26.3 Å². The van der Waals surface area contributed by atoms with Gasteiger partial charge < -0.3 is 14.4 Å². The number of rotatable bonds is 5. The van der Waals surface area contributed by atoms with Crippen molar-refractivity contribution in [2.75, 3.05) is 26.8 Å². The number of hydrogen-bond donors (Lipinski definition) is 0. The number of amides is 2. The number of ketones is 1. The predicted octanol–water partition coefficient (Wildman–Crippen LogP) is 3.40. The Balaban J connectivity index is 1.47. The van der Waals surface area contributed by atoms with Crippen molar-refractivity contribution >= 4 is 17.8 Å². The van der Waals surface area contributed by atoms with Crippen LogP contribution in [0.5, 0.6) is 5.75 Å². The van der Waals surface area contributed by atoms with Crippen LogP contribution in [0.2, 0.25) is 0 Å². The molecule has 3 aliphatic rings. The fourth-order valence-corrected chi connectivity index (χ4v) is 5.77. The lowest BCUT2D eigenvalue weighted by Gasteiger charge is -2.48. The van der Waals surface area contributed by atoms with Gasteiger partial charge in [0.1, 0.15) is 11.8 Å². The lowest BCUT2D eigenvalue weighted by Crippen LogP contribution is -2.52. The van der Waals surface area contributed by atoms with Crippen molar-refractivity contribution in [2.45, 2.75) is 31.3 Å². The maximum atomic E-state index is 13.4. The zero-order valence-corrected chi connectivity index (χ0v) is 18.7. The predicted molar refractivity (Wildman–Crippen MR) is 121 cm³/mol. The molecule has 7 nitrogen and oxygen atoms in total. The van der Waals surface area contributed by atoms with E-state index in [-0.39, 0.29) is 35.6 Å². The highest BCUT2D eigenvalue weighted by molar-refractivity contribution is 6.02. The summed E-state index contributed by atoms with van der Waals surface area (Å²) in [6.45, 7) is 0.870. The van der Waals surface area contributed by atoms with Gasteiger partial charge in [-0.15, -0.1) is 0 Å². The molecule has 0 radical (unpaired) electrons. The molecule has 172 valence electrons. The Morgan fingerprint density at radius 3 is 2.27 bits per heavy atom. The number of para-hydroxylation sites is 1. The molecule has 2 saturated heterocycles. The van der Waals surface area contributed by atoms with E-state index < -0.39 is 12.1 Å². The van der Waals surface area contributed by atoms with Crippen LogP contribution in [0.4, 0.5) is 4.79 Å². The van der Waals surface area contributed by atoms with Crippen molar-refractivity contribution in [3.63, 3.8) is 0 Å². The second kappa shape index (κ2) is 8.54. The first-order chi connectivity index (χ1) is 16.0. The fraction of sp³-hybridized carbons (Fsp3) is 0.423. The second-order valence-electron chi connectivity index (χ2n) is 9.25. The molecule has 0 N–H and O–H groups in total. The third-order valence-electron chi connectivity index (χ3n) is 7.58. The van der Waals surface area contributed by atoms with Crippen molar-refractivity contribution in [1.82, 2.24) is 9.80 Å². The Bertz CT molecular complexity index is 1040. The molecule has 2 aromatic rings. The largest absolute Gasteiger partial charge is 0.493 e. The van der Waals surface area contributed by atoms with Crippen LogP contribution in [-0.4, -0.2) is 66.5 Å². The van der Waals surface area contributed by atoms with Crippen molar-refractivity contribution in [1.29, 1.82) is 0 Å². The number of Topliss-reactive ketones (excluding diaryl/α,β-unsaturated/α-hetero) is 1. The van der Waals surface area contributed by atoms with Crippen LogP contribution in [0, 0.1) is 11.3 Å². The van der Waals surface area contributed by atoms with Crippen LogP contribution in [0.3, 0.4) is 0 Å². The Morgan fingerprint density at radius 2 is 1.67 bits per heavy atom.